The molecular weight excluding hydrogens is 266 g/mol. The maximum absolute atomic E-state index is 12.2. The van der Waals surface area contributed by atoms with Gasteiger partial charge in [-0.25, -0.2) is 0 Å². The molecule has 2 rings (SSSR count). The van der Waals surface area contributed by atoms with Gasteiger partial charge in [0.25, 0.3) is 0 Å². The molecule has 1 aliphatic rings. The number of anilines is 1. The monoisotopic (exact) mass is 291 g/mol. The number of hydrogen-bond acceptors (Lipinski definition) is 4. The van der Waals surface area contributed by atoms with Crippen LogP contribution in [0, 0.1) is 5.92 Å². The second kappa shape index (κ2) is 7.43. The number of methoxy groups -OCH3 is 1. The first-order valence-electron chi connectivity index (χ1n) is 7.52. The third-order valence-electron chi connectivity index (χ3n) is 4.19. The molecule has 5 nitrogen and oxygen atoms in total. The fraction of sp³-hybridized carbons (Fsp3) is 0.562. The topological polar surface area (TPSA) is 67.6 Å². The SMILES string of the molecule is COc1ccc(NC(=O)CN2CCCC(C)C2CN)cc1. The van der Waals surface area contributed by atoms with Crippen LogP contribution in [-0.4, -0.2) is 43.6 Å². The average Bonchev–Trinajstić information content (AvgIpc) is 2.48. The van der Waals surface area contributed by atoms with Crippen LogP contribution < -0.4 is 15.8 Å². The number of nitrogens with one attached hydrogen (secondary N) is 1. The van der Waals surface area contributed by atoms with E-state index in [1.54, 1.807) is 7.11 Å². The standard InChI is InChI=1S/C16H25N3O2/c1-12-4-3-9-19(15(12)10-17)11-16(20)18-13-5-7-14(21-2)8-6-13/h5-8,12,15H,3-4,9-11,17H2,1-2H3,(H,18,20). The molecule has 0 saturated carbocycles. The fourth-order valence-electron chi connectivity index (χ4n) is 2.97. The number of amides is 1. The van der Waals surface area contributed by atoms with Gasteiger partial charge in [-0.05, 0) is 49.6 Å². The predicted molar refractivity (Wildman–Crippen MR) is 84.4 cm³/mol. The third-order valence-corrected chi connectivity index (χ3v) is 4.19. The van der Waals surface area contributed by atoms with Crippen LogP contribution in [0.15, 0.2) is 24.3 Å². The Kier molecular flexibility index (Phi) is 5.59. The summed E-state index contributed by atoms with van der Waals surface area (Å²) >= 11 is 0. The van der Waals surface area contributed by atoms with Crippen molar-refractivity contribution in [1.82, 2.24) is 4.90 Å². The molecule has 1 saturated heterocycles. The van der Waals surface area contributed by atoms with Gasteiger partial charge in [0.15, 0.2) is 0 Å². The Morgan fingerprint density at radius 3 is 2.76 bits per heavy atom. The summed E-state index contributed by atoms with van der Waals surface area (Å²) in [7, 11) is 1.62. The molecule has 116 valence electrons. The summed E-state index contributed by atoms with van der Waals surface area (Å²) in [6.45, 7) is 4.17. The van der Waals surface area contributed by atoms with E-state index in [0.717, 1.165) is 24.4 Å². The van der Waals surface area contributed by atoms with Crippen molar-refractivity contribution in [2.24, 2.45) is 11.7 Å². The maximum Gasteiger partial charge on any atom is 0.238 e. The van der Waals surface area contributed by atoms with Crippen molar-refractivity contribution in [3.8, 4) is 5.75 Å². The first-order valence-corrected chi connectivity index (χ1v) is 7.52. The zero-order valence-corrected chi connectivity index (χ0v) is 12.8. The van der Waals surface area contributed by atoms with Crippen LogP contribution in [-0.2, 0) is 4.79 Å². The summed E-state index contributed by atoms with van der Waals surface area (Å²) in [6, 6.07) is 7.66. The Balaban J connectivity index is 1.90. The molecule has 1 fully saturated rings. The van der Waals surface area contributed by atoms with E-state index in [0.29, 0.717) is 25.0 Å². The predicted octanol–water partition coefficient (Wildman–Crippen LogP) is 1.69. The van der Waals surface area contributed by atoms with E-state index in [9.17, 15) is 4.79 Å². The lowest BCUT2D eigenvalue weighted by Crippen LogP contribution is -2.51. The van der Waals surface area contributed by atoms with Crippen molar-refractivity contribution in [3.05, 3.63) is 24.3 Å². The number of benzene rings is 1. The van der Waals surface area contributed by atoms with Gasteiger partial charge < -0.3 is 15.8 Å². The van der Waals surface area contributed by atoms with Crippen molar-refractivity contribution < 1.29 is 9.53 Å². The highest BCUT2D eigenvalue weighted by Gasteiger charge is 2.28. The molecule has 21 heavy (non-hydrogen) atoms. The zero-order chi connectivity index (χ0) is 15.2. The highest BCUT2D eigenvalue weighted by molar-refractivity contribution is 5.92. The second-order valence-corrected chi connectivity index (χ2v) is 5.67. The first-order chi connectivity index (χ1) is 10.1. The molecule has 3 N–H and O–H groups in total. The highest BCUT2D eigenvalue weighted by Crippen LogP contribution is 2.22. The van der Waals surface area contributed by atoms with Crippen molar-refractivity contribution in [2.45, 2.75) is 25.8 Å². The number of hydrogen-bond donors (Lipinski definition) is 2. The Labute approximate surface area is 126 Å². The summed E-state index contributed by atoms with van der Waals surface area (Å²) in [5.74, 6) is 1.34. The number of rotatable bonds is 5. The van der Waals surface area contributed by atoms with Crippen molar-refractivity contribution >= 4 is 11.6 Å². The summed E-state index contributed by atoms with van der Waals surface area (Å²) in [6.07, 6.45) is 2.33. The Morgan fingerprint density at radius 1 is 1.43 bits per heavy atom. The second-order valence-electron chi connectivity index (χ2n) is 5.67. The molecule has 0 spiro atoms. The largest absolute Gasteiger partial charge is 0.497 e. The Morgan fingerprint density at radius 2 is 2.14 bits per heavy atom. The van der Waals surface area contributed by atoms with Gasteiger partial charge in [-0.1, -0.05) is 6.92 Å². The van der Waals surface area contributed by atoms with Gasteiger partial charge in [0.2, 0.25) is 5.91 Å². The lowest BCUT2D eigenvalue weighted by molar-refractivity contribution is -0.118. The molecule has 1 aromatic carbocycles. The molecule has 0 bridgehead atoms. The van der Waals surface area contributed by atoms with Gasteiger partial charge in [-0.3, -0.25) is 9.69 Å². The van der Waals surface area contributed by atoms with Gasteiger partial charge in [0.1, 0.15) is 5.75 Å². The van der Waals surface area contributed by atoms with E-state index >= 15 is 0 Å². The summed E-state index contributed by atoms with van der Waals surface area (Å²) in [5, 5.41) is 2.92. The zero-order valence-electron chi connectivity index (χ0n) is 12.8. The van der Waals surface area contributed by atoms with Gasteiger partial charge in [-0.2, -0.15) is 0 Å². The van der Waals surface area contributed by atoms with Gasteiger partial charge >= 0.3 is 0 Å². The molecule has 2 unspecified atom stereocenters. The first kappa shape index (κ1) is 15.8. The van der Waals surface area contributed by atoms with Gasteiger partial charge in [-0.15, -0.1) is 0 Å². The molecule has 0 aromatic heterocycles. The van der Waals surface area contributed by atoms with Crippen molar-refractivity contribution in [2.75, 3.05) is 32.1 Å². The van der Waals surface area contributed by atoms with Crippen LogP contribution in [0.1, 0.15) is 19.8 Å². The Bertz CT molecular complexity index is 461. The minimum Gasteiger partial charge on any atom is -0.497 e. The molecule has 1 heterocycles. The van der Waals surface area contributed by atoms with E-state index in [1.807, 2.05) is 24.3 Å². The van der Waals surface area contributed by atoms with Crippen molar-refractivity contribution in [1.29, 1.82) is 0 Å². The summed E-state index contributed by atoms with van der Waals surface area (Å²) < 4.78 is 5.10. The molecular formula is C16H25N3O2. The van der Waals surface area contributed by atoms with Crippen LogP contribution in [0.2, 0.25) is 0 Å². The van der Waals surface area contributed by atoms with E-state index in [4.69, 9.17) is 10.5 Å². The van der Waals surface area contributed by atoms with Crippen LogP contribution in [0.5, 0.6) is 5.75 Å². The number of likely N-dealkylation sites (tertiary alicyclic amines) is 1. The summed E-state index contributed by atoms with van der Waals surface area (Å²) in [4.78, 5) is 14.4. The molecule has 0 radical (unpaired) electrons. The van der Waals surface area contributed by atoms with E-state index in [2.05, 4.69) is 17.1 Å². The maximum atomic E-state index is 12.2. The molecule has 1 amide bonds. The molecule has 0 aliphatic carbocycles. The molecule has 5 heteroatoms. The number of carbonyl (C=O) groups excluding carboxylic acids is 1. The average molecular weight is 291 g/mol. The lowest BCUT2D eigenvalue weighted by atomic mass is 9.91. The number of piperidine rings is 1. The number of ether oxygens (including phenoxy) is 1. The summed E-state index contributed by atoms with van der Waals surface area (Å²) in [5.41, 5.74) is 6.64. The van der Waals surface area contributed by atoms with E-state index in [1.165, 1.54) is 6.42 Å². The van der Waals surface area contributed by atoms with Gasteiger partial charge in [0, 0.05) is 18.3 Å². The highest BCUT2D eigenvalue weighted by atomic mass is 16.5. The molecule has 1 aromatic rings. The van der Waals surface area contributed by atoms with Crippen LogP contribution in [0.25, 0.3) is 0 Å². The lowest BCUT2D eigenvalue weighted by Gasteiger charge is -2.38. The minimum absolute atomic E-state index is 0.00715. The normalized spacial score (nSPS) is 22.8. The van der Waals surface area contributed by atoms with Gasteiger partial charge in [0.05, 0.1) is 13.7 Å². The molecule has 1 aliphatic heterocycles. The fourth-order valence-corrected chi connectivity index (χ4v) is 2.97. The smallest absolute Gasteiger partial charge is 0.238 e. The third kappa shape index (κ3) is 4.19. The number of nitrogens with zero attached hydrogens (tertiary/aromatic N) is 1. The van der Waals surface area contributed by atoms with Crippen LogP contribution >= 0.6 is 0 Å². The quantitative estimate of drug-likeness (QED) is 0.866. The Hall–Kier alpha value is -1.59. The molecule has 2 atom stereocenters. The number of nitrogens with two attached hydrogens (primary N) is 1. The number of carbonyl (C=O) groups is 1. The van der Waals surface area contributed by atoms with Crippen LogP contribution in [0.4, 0.5) is 5.69 Å². The van der Waals surface area contributed by atoms with Crippen LogP contribution in [0.3, 0.4) is 0 Å². The van der Waals surface area contributed by atoms with E-state index in [-0.39, 0.29) is 5.91 Å². The van der Waals surface area contributed by atoms with E-state index < -0.39 is 0 Å². The van der Waals surface area contributed by atoms with Crippen molar-refractivity contribution in [3.63, 3.8) is 0 Å². The minimum atomic E-state index is 0.00715.